The van der Waals surface area contributed by atoms with E-state index in [2.05, 4.69) is 34.9 Å². The highest BCUT2D eigenvalue weighted by Gasteiger charge is 2.28. The van der Waals surface area contributed by atoms with Crippen LogP contribution in [-0.4, -0.2) is 56.0 Å². The van der Waals surface area contributed by atoms with Crippen molar-refractivity contribution in [2.45, 2.75) is 44.4 Å². The largest absolute Gasteiger partial charge is 0.481 e. The molecule has 8 nitrogen and oxygen atoms in total. The molecule has 0 unspecified atom stereocenters. The smallest absolute Gasteiger partial charge is 0.407 e. The fourth-order valence-electron chi connectivity index (χ4n) is 4.22. The second-order valence-corrected chi connectivity index (χ2v) is 8.52. The Morgan fingerprint density at radius 2 is 1.43 bits per heavy atom. The number of aliphatic carboxylic acids is 1. The summed E-state index contributed by atoms with van der Waals surface area (Å²) in [7, 11) is 0. The second kappa shape index (κ2) is 14.1. The van der Waals surface area contributed by atoms with E-state index in [1.165, 1.54) is 22.3 Å². The SMILES string of the molecule is O=C(O)CCOCCNC(=O)CCCCCCNC(=O)OCC1c2ccccc2-c2ccccc21. The Balaban J connectivity index is 1.22. The molecular weight excluding hydrogens is 448 g/mol. The highest BCUT2D eigenvalue weighted by molar-refractivity contribution is 5.79. The zero-order valence-electron chi connectivity index (χ0n) is 20.0. The monoisotopic (exact) mass is 482 g/mol. The van der Waals surface area contributed by atoms with Crippen molar-refractivity contribution in [3.8, 4) is 11.1 Å². The Kier molecular flexibility index (Phi) is 10.6. The van der Waals surface area contributed by atoms with E-state index < -0.39 is 12.1 Å². The molecule has 0 fully saturated rings. The molecule has 2 aromatic rings. The third-order valence-electron chi connectivity index (χ3n) is 5.97. The summed E-state index contributed by atoms with van der Waals surface area (Å²) in [5.74, 6) is -0.887. The number of alkyl carbamates (subject to hydrolysis) is 1. The van der Waals surface area contributed by atoms with Gasteiger partial charge in [0.1, 0.15) is 6.61 Å². The molecule has 8 heteroatoms. The van der Waals surface area contributed by atoms with Crippen LogP contribution < -0.4 is 10.6 Å². The first-order valence-electron chi connectivity index (χ1n) is 12.2. The molecule has 0 saturated heterocycles. The van der Waals surface area contributed by atoms with Gasteiger partial charge in [0.15, 0.2) is 0 Å². The Hall–Kier alpha value is -3.39. The molecule has 2 amide bonds. The molecule has 0 bridgehead atoms. The van der Waals surface area contributed by atoms with E-state index in [1.807, 2.05) is 24.3 Å². The Morgan fingerprint density at radius 3 is 2.11 bits per heavy atom. The van der Waals surface area contributed by atoms with Crippen LogP contribution >= 0.6 is 0 Å². The van der Waals surface area contributed by atoms with Crippen LogP contribution in [0.25, 0.3) is 11.1 Å². The second-order valence-electron chi connectivity index (χ2n) is 8.52. The van der Waals surface area contributed by atoms with Crippen LogP contribution in [0, 0.1) is 0 Å². The number of carbonyl (C=O) groups excluding carboxylic acids is 2. The maximum atomic E-state index is 12.2. The van der Waals surface area contributed by atoms with E-state index in [9.17, 15) is 14.4 Å². The summed E-state index contributed by atoms with van der Waals surface area (Å²) >= 11 is 0. The topological polar surface area (TPSA) is 114 Å². The van der Waals surface area contributed by atoms with E-state index in [-0.39, 0.29) is 24.9 Å². The normalized spacial score (nSPS) is 12.0. The zero-order valence-corrected chi connectivity index (χ0v) is 20.0. The minimum atomic E-state index is -0.900. The molecule has 3 N–H and O–H groups in total. The van der Waals surface area contributed by atoms with Crippen molar-refractivity contribution in [1.82, 2.24) is 10.6 Å². The van der Waals surface area contributed by atoms with Crippen molar-refractivity contribution in [3.05, 3.63) is 59.7 Å². The molecule has 0 saturated carbocycles. The predicted molar refractivity (Wildman–Crippen MR) is 132 cm³/mol. The summed E-state index contributed by atoms with van der Waals surface area (Å²) in [4.78, 5) is 34.3. The first-order valence-corrected chi connectivity index (χ1v) is 12.2. The Labute approximate surface area is 206 Å². The van der Waals surface area contributed by atoms with Crippen molar-refractivity contribution in [3.63, 3.8) is 0 Å². The first-order chi connectivity index (χ1) is 17.1. The van der Waals surface area contributed by atoms with Gasteiger partial charge >= 0.3 is 12.1 Å². The standard InChI is InChI=1S/C27H34N2O6/c30-25(28-16-18-34-17-14-26(31)32)13-3-1-2-8-15-29-27(33)35-19-24-22-11-6-4-9-20(22)21-10-5-7-12-23(21)24/h4-7,9-12,24H,1-3,8,13-19H2,(H,28,30)(H,29,33)(H,31,32). The van der Waals surface area contributed by atoms with Gasteiger partial charge < -0.3 is 25.2 Å². The number of carboxylic acids is 1. The highest BCUT2D eigenvalue weighted by Crippen LogP contribution is 2.44. The van der Waals surface area contributed by atoms with Gasteiger partial charge in [-0.15, -0.1) is 0 Å². The minimum Gasteiger partial charge on any atom is -0.481 e. The number of benzene rings is 2. The number of hydrogen-bond acceptors (Lipinski definition) is 5. The fourth-order valence-corrected chi connectivity index (χ4v) is 4.22. The number of rotatable bonds is 15. The van der Waals surface area contributed by atoms with Crippen LogP contribution in [0.15, 0.2) is 48.5 Å². The molecule has 0 radical (unpaired) electrons. The number of carbonyl (C=O) groups is 3. The number of ether oxygens (including phenoxy) is 2. The number of unbranched alkanes of at least 4 members (excludes halogenated alkanes) is 3. The van der Waals surface area contributed by atoms with E-state index in [0.29, 0.717) is 32.7 Å². The number of hydrogen-bond donors (Lipinski definition) is 3. The molecule has 35 heavy (non-hydrogen) atoms. The average molecular weight is 483 g/mol. The molecule has 1 aliphatic rings. The van der Waals surface area contributed by atoms with Crippen molar-refractivity contribution in [1.29, 1.82) is 0 Å². The molecule has 1 aliphatic carbocycles. The summed E-state index contributed by atoms with van der Waals surface area (Å²) < 4.78 is 10.7. The summed E-state index contributed by atoms with van der Waals surface area (Å²) in [5.41, 5.74) is 4.79. The highest BCUT2D eigenvalue weighted by atomic mass is 16.5. The van der Waals surface area contributed by atoms with Crippen molar-refractivity contribution in [2.75, 3.05) is 32.9 Å². The molecule has 0 atom stereocenters. The lowest BCUT2D eigenvalue weighted by atomic mass is 9.98. The maximum Gasteiger partial charge on any atom is 0.407 e. The van der Waals surface area contributed by atoms with Crippen LogP contribution in [0.4, 0.5) is 4.79 Å². The van der Waals surface area contributed by atoms with Gasteiger partial charge in [-0.25, -0.2) is 4.79 Å². The van der Waals surface area contributed by atoms with E-state index in [0.717, 1.165) is 25.7 Å². The van der Waals surface area contributed by atoms with Gasteiger partial charge in [-0.05, 0) is 35.1 Å². The molecule has 0 aliphatic heterocycles. The lowest BCUT2D eigenvalue weighted by molar-refractivity contribution is -0.138. The van der Waals surface area contributed by atoms with Gasteiger partial charge in [-0.3, -0.25) is 9.59 Å². The number of fused-ring (bicyclic) bond motifs is 3. The fraction of sp³-hybridized carbons (Fsp3) is 0.444. The van der Waals surface area contributed by atoms with Crippen molar-refractivity contribution in [2.24, 2.45) is 0 Å². The molecule has 0 heterocycles. The van der Waals surface area contributed by atoms with Gasteiger partial charge in [0.25, 0.3) is 0 Å². The molecule has 2 aromatic carbocycles. The Bertz CT molecular complexity index is 948. The van der Waals surface area contributed by atoms with Crippen LogP contribution in [0.2, 0.25) is 0 Å². The zero-order chi connectivity index (χ0) is 24.9. The van der Waals surface area contributed by atoms with Gasteiger partial charge in [-0.1, -0.05) is 61.4 Å². The summed E-state index contributed by atoms with van der Waals surface area (Å²) in [6, 6.07) is 16.5. The van der Waals surface area contributed by atoms with Crippen molar-refractivity contribution >= 4 is 18.0 Å². The summed E-state index contributed by atoms with van der Waals surface area (Å²) in [5, 5.41) is 14.1. The molecule has 0 spiro atoms. The average Bonchev–Trinajstić information content (AvgIpc) is 3.18. The van der Waals surface area contributed by atoms with Crippen LogP contribution in [-0.2, 0) is 19.1 Å². The van der Waals surface area contributed by atoms with Crippen molar-refractivity contribution < 1.29 is 29.0 Å². The van der Waals surface area contributed by atoms with Gasteiger partial charge in [0, 0.05) is 25.4 Å². The number of nitrogens with one attached hydrogen (secondary N) is 2. The van der Waals surface area contributed by atoms with E-state index in [4.69, 9.17) is 14.6 Å². The maximum absolute atomic E-state index is 12.2. The predicted octanol–water partition coefficient (Wildman–Crippen LogP) is 4.08. The van der Waals surface area contributed by atoms with Gasteiger partial charge in [-0.2, -0.15) is 0 Å². The summed E-state index contributed by atoms with van der Waals surface area (Å²) in [6.07, 6.45) is 3.40. The van der Waals surface area contributed by atoms with Crippen LogP contribution in [0.5, 0.6) is 0 Å². The van der Waals surface area contributed by atoms with E-state index in [1.54, 1.807) is 0 Å². The van der Waals surface area contributed by atoms with E-state index >= 15 is 0 Å². The summed E-state index contributed by atoms with van der Waals surface area (Å²) in [6.45, 7) is 1.68. The Morgan fingerprint density at radius 1 is 0.771 bits per heavy atom. The number of carboxylic acid groups (broad SMARTS) is 1. The molecule has 0 aromatic heterocycles. The molecular formula is C27H34N2O6. The quantitative estimate of drug-likeness (QED) is 0.330. The third kappa shape index (κ3) is 8.40. The minimum absolute atomic E-state index is 0.0376. The van der Waals surface area contributed by atoms with Crippen LogP contribution in [0.1, 0.15) is 55.6 Å². The third-order valence-corrected chi connectivity index (χ3v) is 5.97. The van der Waals surface area contributed by atoms with Gasteiger partial charge in [0.05, 0.1) is 19.6 Å². The lowest BCUT2D eigenvalue weighted by Crippen LogP contribution is -2.27. The number of amides is 2. The first kappa shape index (κ1) is 26.2. The van der Waals surface area contributed by atoms with Crippen LogP contribution in [0.3, 0.4) is 0 Å². The van der Waals surface area contributed by atoms with Gasteiger partial charge in [0.2, 0.25) is 5.91 Å². The lowest BCUT2D eigenvalue weighted by Gasteiger charge is -2.14. The molecule has 188 valence electrons. The molecule has 3 rings (SSSR count).